The molecule has 0 spiro atoms. The van der Waals surface area contributed by atoms with Crippen molar-refractivity contribution in [3.05, 3.63) is 0 Å². The van der Waals surface area contributed by atoms with Gasteiger partial charge in [-0.05, 0) is 0 Å². The van der Waals surface area contributed by atoms with E-state index in [4.69, 9.17) is 0 Å². The van der Waals surface area contributed by atoms with Gasteiger partial charge in [-0.2, -0.15) is 0 Å². The van der Waals surface area contributed by atoms with Crippen LogP contribution in [-0.2, 0) is 0 Å². The molecule has 0 aliphatic rings. The van der Waals surface area contributed by atoms with Crippen molar-refractivity contribution in [2.45, 2.75) is 13.8 Å². The number of hydrogen-bond acceptors (Lipinski definition) is 2. The molecule has 0 unspecified atom stereocenters. The fourth-order valence-electron chi connectivity index (χ4n) is 0. The largest absolute Gasteiger partial charge is 2.00 e. The summed E-state index contributed by atoms with van der Waals surface area (Å²) in [5.41, 5.74) is 0. The second-order valence-corrected chi connectivity index (χ2v) is 1.56. The van der Waals surface area contributed by atoms with Gasteiger partial charge in [-0.15, -0.1) is 6.61 Å². The van der Waals surface area contributed by atoms with Gasteiger partial charge in [0, 0.05) is 0 Å². The van der Waals surface area contributed by atoms with Gasteiger partial charge in [0.2, 0.25) is 0 Å². The van der Waals surface area contributed by atoms with Crippen LogP contribution in [0.25, 0.3) is 0 Å². The normalized spacial score (nSPS) is 6.86. The van der Waals surface area contributed by atoms with Gasteiger partial charge in [-0.25, -0.2) is 0 Å². The zero-order valence-electron chi connectivity index (χ0n) is 4.85. The van der Waals surface area contributed by atoms with E-state index in [1.54, 1.807) is 0 Å². The van der Waals surface area contributed by atoms with E-state index in [1.807, 2.05) is 13.8 Å². The minimum absolute atomic E-state index is 0. The molecule has 0 saturated carbocycles. The number of rotatable bonds is 1. The second-order valence-electron chi connectivity index (χ2n) is 1.56. The third kappa shape index (κ3) is 18.5. The molecule has 0 aromatic rings. The first kappa shape index (κ1) is 15.8. The zero-order chi connectivity index (χ0) is 4.28. The molecule has 0 fully saturated rings. The monoisotopic (exact) mass is 228 g/mol. The summed E-state index contributed by atoms with van der Waals surface area (Å²) in [6.07, 6.45) is 0. The van der Waals surface area contributed by atoms with Crippen LogP contribution in [0, 0.1) is 5.92 Å². The molecule has 2 nitrogen and oxygen atoms in total. The predicted octanol–water partition coefficient (Wildman–Crippen LogP) is -0.555. The molecule has 0 rings (SSSR count). The van der Waals surface area contributed by atoms with Gasteiger partial charge in [0.25, 0.3) is 0 Å². The molecule has 3 heteroatoms. The van der Waals surface area contributed by atoms with E-state index in [9.17, 15) is 5.11 Å². The van der Waals surface area contributed by atoms with Crippen molar-refractivity contribution >= 4 is 48.9 Å². The smallest absolute Gasteiger partial charge is 0.870 e. The van der Waals surface area contributed by atoms with Crippen molar-refractivity contribution in [2.75, 3.05) is 6.61 Å². The average Bonchev–Trinajstić information content (AvgIpc) is 1.38. The summed E-state index contributed by atoms with van der Waals surface area (Å²) >= 11 is 0. The molecule has 0 aliphatic heterocycles. The van der Waals surface area contributed by atoms with Crippen molar-refractivity contribution in [1.29, 1.82) is 0 Å². The Morgan fingerprint density at radius 3 is 1.57 bits per heavy atom. The second kappa shape index (κ2) is 10.5. The summed E-state index contributed by atoms with van der Waals surface area (Å²) in [7, 11) is 0. The summed E-state index contributed by atoms with van der Waals surface area (Å²) in [4.78, 5) is 0. The minimum Gasteiger partial charge on any atom is -0.870 e. The van der Waals surface area contributed by atoms with E-state index in [1.165, 1.54) is 0 Å². The van der Waals surface area contributed by atoms with E-state index in [-0.39, 0.29) is 61.0 Å². The first-order chi connectivity index (χ1) is 2.27. The molecule has 0 aromatic carbocycles. The molecular formula is C4H10BaO2. The maximum absolute atomic E-state index is 9.63. The van der Waals surface area contributed by atoms with E-state index < -0.39 is 0 Å². The fraction of sp³-hybridized carbons (Fsp3) is 1.00. The first-order valence-corrected chi connectivity index (χ1v) is 1.85. The Labute approximate surface area is 84.7 Å². The van der Waals surface area contributed by atoms with E-state index in [2.05, 4.69) is 0 Å². The quantitative estimate of drug-likeness (QED) is 0.564. The Bertz CT molecular complexity index is 23.7. The van der Waals surface area contributed by atoms with Gasteiger partial charge in [0.15, 0.2) is 0 Å². The van der Waals surface area contributed by atoms with Crippen molar-refractivity contribution < 1.29 is 10.6 Å². The molecular weight excluding hydrogens is 217 g/mol. The Kier molecular flexibility index (Phi) is 23.6. The van der Waals surface area contributed by atoms with Gasteiger partial charge in [0.1, 0.15) is 0 Å². The predicted molar refractivity (Wildman–Crippen MR) is 27.4 cm³/mol. The summed E-state index contributed by atoms with van der Waals surface area (Å²) in [6.45, 7) is 3.88. The molecule has 0 saturated heterocycles. The standard InChI is InChI=1S/C4H9O.Ba.H2O/c1-4(2)3-5;;/h4H,3H2,1-2H3;;1H2/q-1;+2;/p-1. The van der Waals surface area contributed by atoms with E-state index in [0.29, 0.717) is 5.92 Å². The van der Waals surface area contributed by atoms with Crippen LogP contribution in [0.4, 0.5) is 0 Å². The Hall–Kier alpha value is 1.49. The summed E-state index contributed by atoms with van der Waals surface area (Å²) in [5, 5.41) is 9.63. The zero-order valence-corrected chi connectivity index (χ0v) is 9.29. The maximum atomic E-state index is 9.63. The van der Waals surface area contributed by atoms with Crippen molar-refractivity contribution in [2.24, 2.45) is 5.92 Å². The Balaban J connectivity index is -0.0000000800. The van der Waals surface area contributed by atoms with Gasteiger partial charge in [-0.1, -0.05) is 19.8 Å². The van der Waals surface area contributed by atoms with Crippen LogP contribution in [0.2, 0.25) is 0 Å². The van der Waals surface area contributed by atoms with Crippen LogP contribution in [-0.4, -0.2) is 61.0 Å². The molecule has 0 radical (unpaired) electrons. The molecule has 0 aromatic heterocycles. The van der Waals surface area contributed by atoms with Crippen molar-refractivity contribution in [3.63, 3.8) is 0 Å². The Morgan fingerprint density at radius 1 is 1.43 bits per heavy atom. The fourth-order valence-corrected chi connectivity index (χ4v) is 0. The average molecular weight is 227 g/mol. The molecule has 40 valence electrons. The topological polar surface area (TPSA) is 53.1 Å². The van der Waals surface area contributed by atoms with E-state index >= 15 is 0 Å². The first-order valence-electron chi connectivity index (χ1n) is 1.85. The maximum Gasteiger partial charge on any atom is 2.00 e. The third-order valence-corrected chi connectivity index (χ3v) is 0.333. The summed E-state index contributed by atoms with van der Waals surface area (Å²) < 4.78 is 0. The van der Waals surface area contributed by atoms with Gasteiger partial charge in [-0.3, -0.25) is 0 Å². The number of hydrogen-bond donors (Lipinski definition) is 0. The van der Waals surface area contributed by atoms with Crippen molar-refractivity contribution in [3.8, 4) is 0 Å². The van der Waals surface area contributed by atoms with Crippen LogP contribution in [0.3, 0.4) is 0 Å². The van der Waals surface area contributed by atoms with Crippen LogP contribution < -0.4 is 5.11 Å². The minimum atomic E-state index is 0. The molecule has 1 N–H and O–H groups in total. The van der Waals surface area contributed by atoms with Gasteiger partial charge >= 0.3 is 48.9 Å². The summed E-state index contributed by atoms with van der Waals surface area (Å²) in [5.74, 6) is 0.329. The van der Waals surface area contributed by atoms with Crippen LogP contribution in [0.5, 0.6) is 0 Å². The molecule has 0 amide bonds. The van der Waals surface area contributed by atoms with Gasteiger partial charge in [0.05, 0.1) is 0 Å². The summed E-state index contributed by atoms with van der Waals surface area (Å²) in [6, 6.07) is 0. The van der Waals surface area contributed by atoms with Crippen molar-refractivity contribution in [1.82, 2.24) is 0 Å². The molecule has 7 heavy (non-hydrogen) atoms. The van der Waals surface area contributed by atoms with Crippen LogP contribution in [0.1, 0.15) is 13.8 Å². The van der Waals surface area contributed by atoms with Gasteiger partial charge < -0.3 is 10.6 Å². The van der Waals surface area contributed by atoms with Crippen LogP contribution in [0.15, 0.2) is 0 Å². The SMILES string of the molecule is CC(C)C[O-].[Ba+2].[OH-]. The third-order valence-electron chi connectivity index (χ3n) is 0.333. The molecule has 0 heterocycles. The van der Waals surface area contributed by atoms with Crippen LogP contribution >= 0.6 is 0 Å². The Morgan fingerprint density at radius 2 is 1.57 bits per heavy atom. The van der Waals surface area contributed by atoms with E-state index in [0.717, 1.165) is 0 Å². The molecule has 0 atom stereocenters. The molecule has 0 bridgehead atoms. The molecule has 0 aliphatic carbocycles.